The summed E-state index contributed by atoms with van der Waals surface area (Å²) in [6.45, 7) is 4.57. The van der Waals surface area contributed by atoms with Crippen molar-refractivity contribution in [1.29, 1.82) is 0 Å². The van der Waals surface area contributed by atoms with Gasteiger partial charge in [-0.25, -0.2) is 0 Å². The van der Waals surface area contributed by atoms with Gasteiger partial charge in [-0.1, -0.05) is 5.16 Å². The van der Waals surface area contributed by atoms with Crippen LogP contribution >= 0.6 is 0 Å². The number of carbonyl (C=O) groups is 1. The SMILES string of the molecule is Cc1n[nH]c(C)c1NC(=O)c1noc(C2CCCN2)n1. The van der Waals surface area contributed by atoms with E-state index >= 15 is 0 Å². The van der Waals surface area contributed by atoms with Crippen LogP contribution in [0.5, 0.6) is 0 Å². The summed E-state index contributed by atoms with van der Waals surface area (Å²) >= 11 is 0. The number of hydrogen-bond acceptors (Lipinski definition) is 6. The van der Waals surface area contributed by atoms with Crippen LogP contribution in [0.1, 0.15) is 46.8 Å². The highest BCUT2D eigenvalue weighted by molar-refractivity contribution is 6.02. The van der Waals surface area contributed by atoms with Gasteiger partial charge in [0.05, 0.1) is 23.1 Å². The number of carbonyl (C=O) groups excluding carboxylic acids is 1. The molecule has 20 heavy (non-hydrogen) atoms. The van der Waals surface area contributed by atoms with E-state index in [0.29, 0.717) is 11.6 Å². The second-order valence-corrected chi connectivity index (χ2v) is 4.87. The van der Waals surface area contributed by atoms with Crippen molar-refractivity contribution < 1.29 is 9.32 Å². The molecule has 0 saturated carbocycles. The molecule has 1 aliphatic rings. The van der Waals surface area contributed by atoms with Crippen LogP contribution in [0.4, 0.5) is 5.69 Å². The Morgan fingerprint density at radius 2 is 2.30 bits per heavy atom. The van der Waals surface area contributed by atoms with Crippen LogP contribution in [-0.4, -0.2) is 32.8 Å². The number of aryl methyl sites for hydroxylation is 2. The lowest BCUT2D eigenvalue weighted by Crippen LogP contribution is -2.16. The smallest absolute Gasteiger partial charge is 0.297 e. The molecule has 8 nitrogen and oxygen atoms in total. The van der Waals surface area contributed by atoms with Gasteiger partial charge in [0.25, 0.3) is 11.7 Å². The molecule has 0 radical (unpaired) electrons. The molecule has 0 aromatic carbocycles. The molecule has 1 amide bonds. The summed E-state index contributed by atoms with van der Waals surface area (Å²) in [6.07, 6.45) is 2.02. The molecule has 106 valence electrons. The molecule has 2 aromatic heterocycles. The minimum absolute atomic E-state index is 0.0358. The zero-order valence-corrected chi connectivity index (χ0v) is 11.4. The molecule has 3 N–H and O–H groups in total. The highest BCUT2D eigenvalue weighted by atomic mass is 16.5. The Morgan fingerprint density at radius 1 is 1.45 bits per heavy atom. The number of hydrogen-bond donors (Lipinski definition) is 3. The van der Waals surface area contributed by atoms with Crippen molar-refractivity contribution in [3.63, 3.8) is 0 Å². The molecule has 1 saturated heterocycles. The van der Waals surface area contributed by atoms with Gasteiger partial charge in [-0.2, -0.15) is 10.1 Å². The maximum Gasteiger partial charge on any atom is 0.297 e. The summed E-state index contributed by atoms with van der Waals surface area (Å²) in [4.78, 5) is 16.2. The standard InChI is InChI=1S/C12H16N6O2/c1-6-9(7(2)17-16-6)14-11(19)10-15-12(20-18-10)8-4-3-5-13-8/h8,13H,3-5H2,1-2H3,(H,14,19)(H,16,17). The summed E-state index contributed by atoms with van der Waals surface area (Å²) in [7, 11) is 0. The van der Waals surface area contributed by atoms with E-state index in [0.717, 1.165) is 30.8 Å². The van der Waals surface area contributed by atoms with E-state index in [4.69, 9.17) is 4.52 Å². The highest BCUT2D eigenvalue weighted by Gasteiger charge is 2.24. The van der Waals surface area contributed by atoms with E-state index in [2.05, 4.69) is 31.0 Å². The van der Waals surface area contributed by atoms with Gasteiger partial charge < -0.3 is 15.2 Å². The Bertz CT molecular complexity index is 606. The largest absolute Gasteiger partial charge is 0.337 e. The number of nitrogens with one attached hydrogen (secondary N) is 3. The van der Waals surface area contributed by atoms with Gasteiger partial charge in [-0.05, 0) is 33.2 Å². The fourth-order valence-corrected chi connectivity index (χ4v) is 2.27. The molecule has 2 aromatic rings. The summed E-state index contributed by atoms with van der Waals surface area (Å²) < 4.78 is 5.14. The second kappa shape index (κ2) is 5.04. The molecule has 3 heterocycles. The van der Waals surface area contributed by atoms with E-state index in [-0.39, 0.29) is 11.9 Å². The minimum atomic E-state index is -0.398. The number of amides is 1. The van der Waals surface area contributed by atoms with Gasteiger partial charge in [-0.3, -0.25) is 9.89 Å². The third kappa shape index (κ3) is 2.29. The zero-order valence-electron chi connectivity index (χ0n) is 11.4. The molecule has 1 atom stereocenters. The van der Waals surface area contributed by atoms with Crippen molar-refractivity contribution in [3.05, 3.63) is 23.1 Å². The van der Waals surface area contributed by atoms with Crippen molar-refractivity contribution in [3.8, 4) is 0 Å². The van der Waals surface area contributed by atoms with Crippen LogP contribution in [-0.2, 0) is 0 Å². The van der Waals surface area contributed by atoms with Crippen molar-refractivity contribution >= 4 is 11.6 Å². The molecule has 8 heteroatoms. The van der Waals surface area contributed by atoms with Crippen LogP contribution in [0, 0.1) is 13.8 Å². The predicted octanol–water partition coefficient (Wildman–Crippen LogP) is 1.09. The van der Waals surface area contributed by atoms with Crippen molar-refractivity contribution in [2.75, 3.05) is 11.9 Å². The molecule has 1 fully saturated rings. The van der Waals surface area contributed by atoms with Gasteiger partial charge in [-0.15, -0.1) is 0 Å². The van der Waals surface area contributed by atoms with E-state index in [1.54, 1.807) is 0 Å². The van der Waals surface area contributed by atoms with E-state index in [9.17, 15) is 4.79 Å². The molecule has 3 rings (SSSR count). The lowest BCUT2D eigenvalue weighted by Gasteiger charge is -2.02. The predicted molar refractivity (Wildman–Crippen MR) is 70.3 cm³/mol. The van der Waals surface area contributed by atoms with Gasteiger partial charge in [0.1, 0.15) is 0 Å². The number of nitrogens with zero attached hydrogens (tertiary/aromatic N) is 3. The Balaban J connectivity index is 1.74. The van der Waals surface area contributed by atoms with Gasteiger partial charge in [0.2, 0.25) is 5.89 Å². The minimum Gasteiger partial charge on any atom is -0.337 e. The third-order valence-corrected chi connectivity index (χ3v) is 3.37. The number of aromatic nitrogens is 4. The number of aromatic amines is 1. The molecular weight excluding hydrogens is 260 g/mol. The normalized spacial score (nSPS) is 18.4. The number of anilines is 1. The van der Waals surface area contributed by atoms with Crippen molar-refractivity contribution in [1.82, 2.24) is 25.7 Å². The number of rotatable bonds is 3. The summed E-state index contributed by atoms with van der Waals surface area (Å²) in [5.41, 5.74) is 2.16. The number of H-pyrrole nitrogens is 1. The molecular formula is C12H16N6O2. The molecule has 1 aliphatic heterocycles. The summed E-state index contributed by atoms with van der Waals surface area (Å²) in [5.74, 6) is 0.104. The lowest BCUT2D eigenvalue weighted by molar-refractivity contribution is 0.101. The fourth-order valence-electron chi connectivity index (χ4n) is 2.27. The van der Waals surface area contributed by atoms with E-state index in [1.165, 1.54) is 0 Å². The van der Waals surface area contributed by atoms with Gasteiger partial charge >= 0.3 is 0 Å². The average Bonchev–Trinajstić information content (AvgIpc) is 3.14. The fraction of sp³-hybridized carbons (Fsp3) is 0.500. The van der Waals surface area contributed by atoms with Gasteiger partial charge in [0, 0.05) is 0 Å². The van der Waals surface area contributed by atoms with Crippen molar-refractivity contribution in [2.45, 2.75) is 32.7 Å². The van der Waals surface area contributed by atoms with Crippen LogP contribution < -0.4 is 10.6 Å². The van der Waals surface area contributed by atoms with Crippen LogP contribution in [0.2, 0.25) is 0 Å². The monoisotopic (exact) mass is 276 g/mol. The Hall–Kier alpha value is -2.22. The second-order valence-electron chi connectivity index (χ2n) is 4.87. The summed E-state index contributed by atoms with van der Waals surface area (Å²) in [6, 6.07) is 0.0569. The molecule has 0 bridgehead atoms. The maximum atomic E-state index is 12.1. The average molecular weight is 276 g/mol. The first-order chi connectivity index (χ1) is 9.65. The first-order valence-corrected chi connectivity index (χ1v) is 6.55. The van der Waals surface area contributed by atoms with Crippen LogP contribution in [0.25, 0.3) is 0 Å². The molecule has 1 unspecified atom stereocenters. The van der Waals surface area contributed by atoms with Crippen LogP contribution in [0.3, 0.4) is 0 Å². The lowest BCUT2D eigenvalue weighted by atomic mass is 10.2. The first kappa shape index (κ1) is 12.8. The van der Waals surface area contributed by atoms with Crippen LogP contribution in [0.15, 0.2) is 4.52 Å². The molecule has 0 spiro atoms. The molecule has 0 aliphatic carbocycles. The Kier molecular flexibility index (Phi) is 3.23. The summed E-state index contributed by atoms with van der Waals surface area (Å²) in [5, 5.41) is 16.5. The highest BCUT2D eigenvalue weighted by Crippen LogP contribution is 2.21. The van der Waals surface area contributed by atoms with E-state index < -0.39 is 5.91 Å². The Labute approximate surface area is 115 Å². The van der Waals surface area contributed by atoms with Gasteiger partial charge in [0.15, 0.2) is 0 Å². The zero-order chi connectivity index (χ0) is 14.1. The topological polar surface area (TPSA) is 109 Å². The third-order valence-electron chi connectivity index (χ3n) is 3.37. The maximum absolute atomic E-state index is 12.1. The first-order valence-electron chi connectivity index (χ1n) is 6.55. The van der Waals surface area contributed by atoms with E-state index in [1.807, 2.05) is 13.8 Å². The van der Waals surface area contributed by atoms with Crippen molar-refractivity contribution in [2.24, 2.45) is 0 Å². The quantitative estimate of drug-likeness (QED) is 0.774. The Morgan fingerprint density at radius 3 is 2.95 bits per heavy atom.